The Bertz CT molecular complexity index is 372. The lowest BCUT2D eigenvalue weighted by atomic mass is 10.0. The van der Waals surface area contributed by atoms with Gasteiger partial charge in [0.25, 0.3) is 0 Å². The largest absolute Gasteiger partial charge is 0.352 e. The zero-order valence-electron chi connectivity index (χ0n) is 9.59. The van der Waals surface area contributed by atoms with Gasteiger partial charge in [0.15, 0.2) is 0 Å². The second-order valence-electron chi connectivity index (χ2n) is 4.53. The van der Waals surface area contributed by atoms with Crippen LogP contribution in [0.5, 0.6) is 0 Å². The zero-order chi connectivity index (χ0) is 12.2. The topological polar surface area (TPSA) is 55.1 Å². The Balaban J connectivity index is 2.47. The number of hydrogen-bond donors (Lipinski definition) is 2. The number of carbonyl (C=O) groups is 1. The molecular formula is C12H17ClN2O. The molecule has 0 radical (unpaired) electrons. The maximum absolute atomic E-state index is 11.5. The van der Waals surface area contributed by atoms with Crippen LogP contribution in [0.4, 0.5) is 0 Å². The van der Waals surface area contributed by atoms with Crippen molar-refractivity contribution < 1.29 is 4.79 Å². The number of amides is 1. The van der Waals surface area contributed by atoms with E-state index in [0.29, 0.717) is 18.0 Å². The SMILES string of the molecule is CC(C)(N)CC(=O)NCc1ccccc1Cl. The van der Waals surface area contributed by atoms with Crippen LogP contribution >= 0.6 is 11.6 Å². The Hall–Kier alpha value is -1.06. The summed E-state index contributed by atoms with van der Waals surface area (Å²) in [6.07, 6.45) is 0.303. The molecule has 1 aromatic carbocycles. The van der Waals surface area contributed by atoms with Gasteiger partial charge in [0.05, 0.1) is 0 Å². The van der Waals surface area contributed by atoms with Crippen LogP contribution in [-0.4, -0.2) is 11.4 Å². The second kappa shape index (κ2) is 5.32. The molecule has 0 aliphatic heterocycles. The molecule has 0 aliphatic carbocycles. The van der Waals surface area contributed by atoms with Crippen molar-refractivity contribution in [2.75, 3.05) is 0 Å². The van der Waals surface area contributed by atoms with E-state index in [1.807, 2.05) is 32.0 Å². The second-order valence-corrected chi connectivity index (χ2v) is 4.94. The average molecular weight is 241 g/mol. The van der Waals surface area contributed by atoms with Gasteiger partial charge in [0.2, 0.25) is 5.91 Å². The third-order valence-corrected chi connectivity index (χ3v) is 2.42. The molecule has 3 nitrogen and oxygen atoms in total. The van der Waals surface area contributed by atoms with Crippen molar-refractivity contribution in [2.45, 2.75) is 32.4 Å². The van der Waals surface area contributed by atoms with Crippen LogP contribution in [0.15, 0.2) is 24.3 Å². The summed E-state index contributed by atoms with van der Waals surface area (Å²) < 4.78 is 0. The molecule has 3 N–H and O–H groups in total. The van der Waals surface area contributed by atoms with Gasteiger partial charge in [-0.25, -0.2) is 0 Å². The van der Waals surface area contributed by atoms with Gasteiger partial charge in [0, 0.05) is 23.5 Å². The molecule has 0 bridgehead atoms. The minimum atomic E-state index is -0.482. The van der Waals surface area contributed by atoms with E-state index in [4.69, 9.17) is 17.3 Å². The first-order valence-corrected chi connectivity index (χ1v) is 5.55. The summed E-state index contributed by atoms with van der Waals surface area (Å²) in [5.74, 6) is -0.0626. The maximum atomic E-state index is 11.5. The highest BCUT2D eigenvalue weighted by molar-refractivity contribution is 6.31. The van der Waals surface area contributed by atoms with Crippen molar-refractivity contribution in [3.63, 3.8) is 0 Å². The van der Waals surface area contributed by atoms with Crippen molar-refractivity contribution in [3.05, 3.63) is 34.9 Å². The van der Waals surface area contributed by atoms with Gasteiger partial charge in [-0.2, -0.15) is 0 Å². The number of rotatable bonds is 4. The number of hydrogen-bond acceptors (Lipinski definition) is 2. The third-order valence-electron chi connectivity index (χ3n) is 2.05. The van der Waals surface area contributed by atoms with E-state index < -0.39 is 5.54 Å². The normalized spacial score (nSPS) is 11.2. The molecule has 4 heteroatoms. The standard InChI is InChI=1S/C12H17ClN2O/c1-12(2,14)7-11(16)15-8-9-5-3-4-6-10(9)13/h3-6H,7-8,14H2,1-2H3,(H,15,16). The number of benzene rings is 1. The molecule has 0 aliphatic rings. The lowest BCUT2D eigenvalue weighted by molar-refractivity contribution is -0.122. The van der Waals surface area contributed by atoms with Gasteiger partial charge in [-0.1, -0.05) is 29.8 Å². The lowest BCUT2D eigenvalue weighted by Crippen LogP contribution is -2.38. The highest BCUT2D eigenvalue weighted by atomic mass is 35.5. The van der Waals surface area contributed by atoms with E-state index in [2.05, 4.69) is 5.32 Å². The van der Waals surface area contributed by atoms with Crippen LogP contribution in [0, 0.1) is 0 Å². The van der Waals surface area contributed by atoms with Crippen LogP contribution in [-0.2, 0) is 11.3 Å². The molecule has 1 aromatic rings. The predicted octanol–water partition coefficient (Wildman–Crippen LogP) is 2.08. The molecule has 0 unspecified atom stereocenters. The fourth-order valence-electron chi connectivity index (χ4n) is 1.31. The van der Waals surface area contributed by atoms with Crippen molar-refractivity contribution in [3.8, 4) is 0 Å². The van der Waals surface area contributed by atoms with E-state index in [1.54, 1.807) is 6.07 Å². The molecule has 0 atom stereocenters. The first-order chi connectivity index (χ1) is 7.38. The van der Waals surface area contributed by atoms with Crippen LogP contribution < -0.4 is 11.1 Å². The highest BCUT2D eigenvalue weighted by Gasteiger charge is 2.15. The minimum absolute atomic E-state index is 0.0626. The van der Waals surface area contributed by atoms with E-state index in [-0.39, 0.29) is 5.91 Å². The summed E-state index contributed by atoms with van der Waals surface area (Å²) in [6.45, 7) is 4.08. The molecule has 0 aromatic heterocycles. The Labute approximate surface area is 101 Å². The summed E-state index contributed by atoms with van der Waals surface area (Å²) in [5.41, 5.74) is 6.18. The smallest absolute Gasteiger partial charge is 0.222 e. The predicted molar refractivity (Wildman–Crippen MR) is 66.2 cm³/mol. The summed E-state index contributed by atoms with van der Waals surface area (Å²) in [6, 6.07) is 7.43. The first-order valence-electron chi connectivity index (χ1n) is 5.17. The molecule has 16 heavy (non-hydrogen) atoms. The molecule has 1 amide bonds. The fourth-order valence-corrected chi connectivity index (χ4v) is 1.51. The quantitative estimate of drug-likeness (QED) is 0.847. The van der Waals surface area contributed by atoms with Gasteiger partial charge in [-0.15, -0.1) is 0 Å². The van der Waals surface area contributed by atoms with Gasteiger partial charge in [-0.05, 0) is 25.5 Å². The molecule has 1 rings (SSSR count). The fraction of sp³-hybridized carbons (Fsp3) is 0.417. The number of nitrogens with one attached hydrogen (secondary N) is 1. The molecule has 0 saturated carbocycles. The minimum Gasteiger partial charge on any atom is -0.352 e. The molecule has 0 saturated heterocycles. The van der Waals surface area contributed by atoms with E-state index >= 15 is 0 Å². The van der Waals surface area contributed by atoms with Gasteiger partial charge < -0.3 is 11.1 Å². The van der Waals surface area contributed by atoms with E-state index in [0.717, 1.165) is 5.56 Å². The van der Waals surface area contributed by atoms with Crippen molar-refractivity contribution in [1.82, 2.24) is 5.32 Å². The average Bonchev–Trinajstić information content (AvgIpc) is 2.14. The number of carbonyl (C=O) groups excluding carboxylic acids is 1. The molecular weight excluding hydrogens is 224 g/mol. The van der Waals surface area contributed by atoms with Gasteiger partial charge in [-0.3, -0.25) is 4.79 Å². The van der Waals surface area contributed by atoms with Crippen LogP contribution in [0.25, 0.3) is 0 Å². The van der Waals surface area contributed by atoms with Crippen molar-refractivity contribution >= 4 is 17.5 Å². The highest BCUT2D eigenvalue weighted by Crippen LogP contribution is 2.14. The Kier molecular flexibility index (Phi) is 4.33. The third kappa shape index (κ3) is 4.64. The zero-order valence-corrected chi connectivity index (χ0v) is 10.3. The number of nitrogens with two attached hydrogens (primary N) is 1. The molecule has 0 fully saturated rings. The first kappa shape index (κ1) is 13.0. The van der Waals surface area contributed by atoms with Crippen LogP contribution in [0.2, 0.25) is 5.02 Å². The summed E-state index contributed by atoms with van der Waals surface area (Å²) >= 11 is 5.96. The summed E-state index contributed by atoms with van der Waals surface area (Å²) in [4.78, 5) is 11.5. The Morgan fingerprint density at radius 1 is 1.44 bits per heavy atom. The van der Waals surface area contributed by atoms with Gasteiger partial charge in [0.1, 0.15) is 0 Å². The molecule has 88 valence electrons. The maximum Gasteiger partial charge on any atom is 0.222 e. The Morgan fingerprint density at radius 2 is 2.06 bits per heavy atom. The van der Waals surface area contributed by atoms with Gasteiger partial charge >= 0.3 is 0 Å². The van der Waals surface area contributed by atoms with Crippen LogP contribution in [0.3, 0.4) is 0 Å². The van der Waals surface area contributed by atoms with Crippen molar-refractivity contribution in [1.29, 1.82) is 0 Å². The summed E-state index contributed by atoms with van der Waals surface area (Å²) in [5, 5.41) is 3.45. The monoisotopic (exact) mass is 240 g/mol. The Morgan fingerprint density at radius 3 is 2.62 bits per heavy atom. The van der Waals surface area contributed by atoms with Crippen LogP contribution in [0.1, 0.15) is 25.8 Å². The molecule has 0 spiro atoms. The summed E-state index contributed by atoms with van der Waals surface area (Å²) in [7, 11) is 0. The van der Waals surface area contributed by atoms with Crippen molar-refractivity contribution in [2.24, 2.45) is 5.73 Å². The lowest BCUT2D eigenvalue weighted by Gasteiger charge is -2.17. The van der Waals surface area contributed by atoms with E-state index in [9.17, 15) is 4.79 Å². The van der Waals surface area contributed by atoms with E-state index in [1.165, 1.54) is 0 Å². The molecule has 0 heterocycles. The number of halogens is 1.